The quantitative estimate of drug-likeness (QED) is 0.754. The lowest BCUT2D eigenvalue weighted by molar-refractivity contribution is 0.266. The topological polar surface area (TPSA) is 12.9 Å². The molecule has 0 radical (unpaired) electrons. The summed E-state index contributed by atoms with van der Waals surface area (Å²) in [4.78, 5) is 5.96. The highest BCUT2D eigenvalue weighted by Crippen LogP contribution is 2.32. The van der Waals surface area contributed by atoms with Gasteiger partial charge in [0.05, 0.1) is 10.7 Å². The third kappa shape index (κ3) is 3.56. The van der Waals surface area contributed by atoms with Crippen LogP contribution in [-0.4, -0.2) is 10.3 Å². The molecule has 0 saturated heterocycles. The highest BCUT2D eigenvalue weighted by Gasteiger charge is 2.24. The summed E-state index contributed by atoms with van der Waals surface area (Å²) in [5.74, 6) is 0.655. The van der Waals surface area contributed by atoms with E-state index in [2.05, 4.69) is 55.5 Å². The molecule has 1 atom stereocenters. The Labute approximate surface area is 105 Å². The molecule has 15 heavy (non-hydrogen) atoms. The summed E-state index contributed by atoms with van der Waals surface area (Å²) in [5, 5.41) is 2.33. The van der Waals surface area contributed by atoms with E-state index in [-0.39, 0.29) is 0 Å². The molecule has 1 aromatic rings. The van der Waals surface area contributed by atoms with E-state index in [1.807, 2.05) is 11.3 Å². The molecule has 1 nitrogen and oxygen atoms in total. The smallest absolute Gasteiger partial charge is 0.0934 e. The number of nitrogens with zero attached hydrogens (tertiary/aromatic N) is 1. The molecule has 0 saturated carbocycles. The van der Waals surface area contributed by atoms with Crippen molar-refractivity contribution < 1.29 is 0 Å². The Hall–Kier alpha value is 0.110. The molecule has 0 aliphatic rings. The summed E-state index contributed by atoms with van der Waals surface area (Å²) in [6, 6.07) is 0. The first-order chi connectivity index (χ1) is 6.84. The number of hydrogen-bond donors (Lipinski definition) is 0. The predicted molar refractivity (Wildman–Crippen MR) is 72.0 cm³/mol. The zero-order valence-corrected chi connectivity index (χ0v) is 12.6. The van der Waals surface area contributed by atoms with Crippen LogP contribution in [0.5, 0.6) is 0 Å². The molecule has 0 amide bonds. The predicted octanol–water partition coefficient (Wildman–Crippen LogP) is 4.36. The van der Waals surface area contributed by atoms with Crippen LogP contribution >= 0.6 is 27.3 Å². The molecule has 0 aromatic carbocycles. The second-order valence-corrected chi connectivity index (χ2v) is 7.11. The molecule has 0 aliphatic carbocycles. The fraction of sp³-hybridized carbons (Fsp3) is 0.750. The Morgan fingerprint density at radius 2 is 1.93 bits per heavy atom. The summed E-state index contributed by atoms with van der Waals surface area (Å²) >= 11 is 5.45. The third-order valence-electron chi connectivity index (χ3n) is 2.90. The van der Waals surface area contributed by atoms with Gasteiger partial charge in [0.1, 0.15) is 0 Å². The maximum Gasteiger partial charge on any atom is 0.0934 e. The highest BCUT2D eigenvalue weighted by atomic mass is 79.9. The average molecular weight is 290 g/mol. The van der Waals surface area contributed by atoms with Crippen molar-refractivity contribution in [3.05, 3.63) is 15.6 Å². The van der Waals surface area contributed by atoms with Crippen molar-refractivity contribution in [2.24, 2.45) is 11.3 Å². The SMILES string of the molecule is Cc1nc(CC(CBr)C(C)(C)C)sc1C. The van der Waals surface area contributed by atoms with Gasteiger partial charge in [-0.25, -0.2) is 4.98 Å². The Morgan fingerprint density at radius 3 is 2.27 bits per heavy atom. The number of alkyl halides is 1. The van der Waals surface area contributed by atoms with Crippen molar-refractivity contribution >= 4 is 27.3 Å². The number of thiazole rings is 1. The van der Waals surface area contributed by atoms with Gasteiger partial charge in [0.2, 0.25) is 0 Å². The van der Waals surface area contributed by atoms with Gasteiger partial charge in [0.15, 0.2) is 0 Å². The third-order valence-corrected chi connectivity index (χ3v) is 4.78. The standard InChI is InChI=1S/C12H20BrNS/c1-8-9(2)15-11(14-8)6-10(7-13)12(3,4)5/h10H,6-7H2,1-5H3. The van der Waals surface area contributed by atoms with E-state index >= 15 is 0 Å². The summed E-state index contributed by atoms with van der Waals surface area (Å²) < 4.78 is 0. The lowest BCUT2D eigenvalue weighted by Crippen LogP contribution is -2.23. The van der Waals surface area contributed by atoms with Crippen LogP contribution in [-0.2, 0) is 6.42 Å². The summed E-state index contributed by atoms with van der Waals surface area (Å²) in [7, 11) is 0. The molecule has 0 N–H and O–H groups in total. The highest BCUT2D eigenvalue weighted by molar-refractivity contribution is 9.09. The maximum atomic E-state index is 4.61. The molecule has 1 heterocycles. The minimum Gasteiger partial charge on any atom is -0.246 e. The Bertz CT molecular complexity index is 305. The van der Waals surface area contributed by atoms with Crippen molar-refractivity contribution in [1.29, 1.82) is 0 Å². The van der Waals surface area contributed by atoms with E-state index in [0.29, 0.717) is 11.3 Å². The van der Waals surface area contributed by atoms with Gasteiger partial charge in [-0.1, -0.05) is 36.7 Å². The van der Waals surface area contributed by atoms with E-state index in [0.717, 1.165) is 11.8 Å². The molecule has 86 valence electrons. The summed E-state index contributed by atoms with van der Waals surface area (Å²) in [5.41, 5.74) is 1.54. The lowest BCUT2D eigenvalue weighted by Gasteiger charge is -2.28. The van der Waals surface area contributed by atoms with E-state index in [4.69, 9.17) is 0 Å². The molecular weight excluding hydrogens is 270 g/mol. The average Bonchev–Trinajstić information content (AvgIpc) is 2.40. The van der Waals surface area contributed by atoms with E-state index in [9.17, 15) is 0 Å². The maximum absolute atomic E-state index is 4.61. The van der Waals surface area contributed by atoms with Crippen LogP contribution in [0.25, 0.3) is 0 Å². The summed E-state index contributed by atoms with van der Waals surface area (Å²) in [6.45, 7) is 11.1. The number of rotatable bonds is 3. The van der Waals surface area contributed by atoms with Crippen LogP contribution in [0, 0.1) is 25.2 Å². The van der Waals surface area contributed by atoms with Gasteiger partial charge >= 0.3 is 0 Å². The van der Waals surface area contributed by atoms with Crippen LogP contribution in [0.2, 0.25) is 0 Å². The van der Waals surface area contributed by atoms with Gasteiger partial charge in [-0.15, -0.1) is 11.3 Å². The molecule has 1 aromatic heterocycles. The lowest BCUT2D eigenvalue weighted by atomic mass is 9.80. The monoisotopic (exact) mass is 289 g/mol. The molecule has 0 fully saturated rings. The molecular formula is C12H20BrNS. The van der Waals surface area contributed by atoms with Crippen molar-refractivity contribution in [3.8, 4) is 0 Å². The zero-order chi connectivity index (χ0) is 11.6. The normalized spacial score (nSPS) is 14.3. The molecule has 1 rings (SSSR count). The van der Waals surface area contributed by atoms with Crippen LogP contribution in [0.15, 0.2) is 0 Å². The molecule has 0 spiro atoms. The Balaban J connectivity index is 2.75. The first-order valence-corrected chi connectivity index (χ1v) is 7.27. The van der Waals surface area contributed by atoms with Crippen LogP contribution in [0.3, 0.4) is 0 Å². The summed E-state index contributed by atoms with van der Waals surface area (Å²) in [6.07, 6.45) is 1.09. The van der Waals surface area contributed by atoms with E-state index in [1.165, 1.54) is 15.6 Å². The number of halogens is 1. The number of aryl methyl sites for hydroxylation is 2. The molecule has 3 heteroatoms. The number of aromatic nitrogens is 1. The van der Waals surface area contributed by atoms with Crippen molar-refractivity contribution in [1.82, 2.24) is 4.98 Å². The van der Waals surface area contributed by atoms with Gasteiger partial charge in [-0.2, -0.15) is 0 Å². The van der Waals surface area contributed by atoms with E-state index in [1.54, 1.807) is 0 Å². The first-order valence-electron chi connectivity index (χ1n) is 5.33. The zero-order valence-electron chi connectivity index (χ0n) is 10.2. The Kier molecular flexibility index (Phi) is 4.36. The second kappa shape index (κ2) is 4.96. The fourth-order valence-electron chi connectivity index (χ4n) is 1.43. The van der Waals surface area contributed by atoms with Gasteiger partial charge in [-0.05, 0) is 25.2 Å². The Morgan fingerprint density at radius 1 is 1.33 bits per heavy atom. The van der Waals surface area contributed by atoms with Crippen molar-refractivity contribution in [2.75, 3.05) is 5.33 Å². The van der Waals surface area contributed by atoms with Crippen LogP contribution in [0.4, 0.5) is 0 Å². The van der Waals surface area contributed by atoms with Crippen LogP contribution < -0.4 is 0 Å². The fourth-order valence-corrected chi connectivity index (χ4v) is 3.64. The van der Waals surface area contributed by atoms with E-state index < -0.39 is 0 Å². The van der Waals surface area contributed by atoms with Crippen molar-refractivity contribution in [3.63, 3.8) is 0 Å². The van der Waals surface area contributed by atoms with Gasteiger partial charge in [-0.3, -0.25) is 0 Å². The minimum atomic E-state index is 0.344. The van der Waals surface area contributed by atoms with Gasteiger partial charge in [0.25, 0.3) is 0 Å². The number of hydrogen-bond acceptors (Lipinski definition) is 2. The minimum absolute atomic E-state index is 0.344. The molecule has 0 aliphatic heterocycles. The molecule has 1 unspecified atom stereocenters. The molecule has 0 bridgehead atoms. The first kappa shape index (κ1) is 13.2. The largest absolute Gasteiger partial charge is 0.246 e. The van der Waals surface area contributed by atoms with Crippen LogP contribution in [0.1, 0.15) is 36.3 Å². The second-order valence-electron chi connectivity index (χ2n) is 5.17. The van der Waals surface area contributed by atoms with Gasteiger partial charge < -0.3 is 0 Å². The van der Waals surface area contributed by atoms with Crippen molar-refractivity contribution in [2.45, 2.75) is 41.0 Å². The van der Waals surface area contributed by atoms with Gasteiger partial charge in [0, 0.05) is 16.6 Å².